The van der Waals surface area contributed by atoms with Crippen molar-refractivity contribution >= 4 is 28.3 Å². The van der Waals surface area contributed by atoms with Crippen LogP contribution in [0.1, 0.15) is 6.42 Å². The molecule has 1 aliphatic heterocycles. The lowest BCUT2D eigenvalue weighted by molar-refractivity contribution is -0.131. The molecule has 1 saturated heterocycles. The number of nitrogens with zero attached hydrogens (tertiary/aromatic N) is 5. The van der Waals surface area contributed by atoms with Gasteiger partial charge in [0.15, 0.2) is 11.6 Å². The summed E-state index contributed by atoms with van der Waals surface area (Å²) in [6, 6.07) is 18.2. The molecule has 8 nitrogen and oxygen atoms in total. The first-order valence-electron chi connectivity index (χ1n) is 12.5. The number of benzene rings is 2. The van der Waals surface area contributed by atoms with E-state index in [1.807, 2.05) is 46.2 Å². The molecule has 0 radical (unpaired) electrons. The lowest BCUT2D eigenvalue weighted by atomic mass is 10.2. The van der Waals surface area contributed by atoms with Gasteiger partial charge in [0.2, 0.25) is 5.91 Å². The molecule has 0 atom stereocenters. The number of ether oxygens (including phenoxy) is 1. The summed E-state index contributed by atoms with van der Waals surface area (Å²) in [5.41, 5.74) is 1.39. The molecular formula is C28H30FN5O3. The molecule has 37 heavy (non-hydrogen) atoms. The second-order valence-corrected chi connectivity index (χ2v) is 8.91. The van der Waals surface area contributed by atoms with E-state index in [1.54, 1.807) is 31.6 Å². The predicted molar refractivity (Wildman–Crippen MR) is 141 cm³/mol. The van der Waals surface area contributed by atoms with Crippen molar-refractivity contribution in [3.63, 3.8) is 0 Å². The minimum Gasteiger partial charge on any atom is -0.461 e. The molecule has 0 aliphatic carbocycles. The Morgan fingerprint density at radius 3 is 2.54 bits per heavy atom. The summed E-state index contributed by atoms with van der Waals surface area (Å²) in [5, 5.41) is 0.903. The second kappa shape index (κ2) is 11.4. The van der Waals surface area contributed by atoms with E-state index in [4.69, 9.17) is 14.1 Å². The lowest BCUT2D eigenvalue weighted by Gasteiger charge is -2.36. The number of amides is 1. The van der Waals surface area contributed by atoms with Crippen molar-refractivity contribution in [2.75, 3.05) is 62.8 Å². The first-order valence-corrected chi connectivity index (χ1v) is 12.5. The van der Waals surface area contributed by atoms with Crippen LogP contribution in [0.4, 0.5) is 15.9 Å². The highest BCUT2D eigenvalue weighted by molar-refractivity contribution is 5.91. The third kappa shape index (κ3) is 5.56. The fraction of sp³-hybridized carbons (Fsp3) is 0.321. The van der Waals surface area contributed by atoms with Crippen LogP contribution in [0, 0.1) is 5.82 Å². The van der Waals surface area contributed by atoms with Gasteiger partial charge in [-0.1, -0.05) is 24.3 Å². The van der Waals surface area contributed by atoms with Crippen molar-refractivity contribution in [1.82, 2.24) is 14.9 Å². The standard InChI is InChI=1S/C28H30FN5O3/c1-36-20-18-34(28-21-7-2-4-9-23(21)30-27(31-28)25-11-6-19-37-25)13-12-26(35)33-16-14-32(15-17-33)24-10-5-3-8-22(24)29/h2-11,19H,12-18,20H2,1H3. The largest absolute Gasteiger partial charge is 0.461 e. The van der Waals surface area contributed by atoms with Gasteiger partial charge >= 0.3 is 0 Å². The highest BCUT2D eigenvalue weighted by Crippen LogP contribution is 2.28. The molecule has 3 heterocycles. The zero-order valence-electron chi connectivity index (χ0n) is 20.8. The number of halogens is 1. The average molecular weight is 504 g/mol. The van der Waals surface area contributed by atoms with Gasteiger partial charge in [-0.15, -0.1) is 0 Å². The zero-order chi connectivity index (χ0) is 25.6. The van der Waals surface area contributed by atoms with E-state index >= 15 is 0 Å². The Kier molecular flexibility index (Phi) is 7.60. The van der Waals surface area contributed by atoms with Gasteiger partial charge in [-0.2, -0.15) is 0 Å². The number of piperazine rings is 1. The maximum absolute atomic E-state index is 14.2. The van der Waals surface area contributed by atoms with E-state index in [0.717, 1.165) is 16.7 Å². The monoisotopic (exact) mass is 503 g/mol. The highest BCUT2D eigenvalue weighted by Gasteiger charge is 2.24. The topological polar surface area (TPSA) is 74.9 Å². The summed E-state index contributed by atoms with van der Waals surface area (Å²) in [6.07, 6.45) is 1.93. The summed E-state index contributed by atoms with van der Waals surface area (Å²) >= 11 is 0. The number of aromatic nitrogens is 2. The predicted octanol–water partition coefficient (Wildman–Crippen LogP) is 4.22. The summed E-state index contributed by atoms with van der Waals surface area (Å²) in [7, 11) is 1.66. The normalized spacial score (nSPS) is 13.8. The van der Waals surface area contributed by atoms with Crippen molar-refractivity contribution in [3.8, 4) is 11.6 Å². The number of furan rings is 1. The molecule has 9 heteroatoms. The molecular weight excluding hydrogens is 473 g/mol. The van der Waals surface area contributed by atoms with Crippen molar-refractivity contribution in [1.29, 1.82) is 0 Å². The van der Waals surface area contributed by atoms with Crippen LogP contribution in [0.2, 0.25) is 0 Å². The van der Waals surface area contributed by atoms with Gasteiger partial charge in [0.05, 0.1) is 24.1 Å². The maximum atomic E-state index is 14.2. The Labute approximate surface area is 215 Å². The van der Waals surface area contributed by atoms with Crippen molar-refractivity contribution < 1.29 is 18.3 Å². The van der Waals surface area contributed by atoms with Crippen LogP contribution in [0.25, 0.3) is 22.5 Å². The molecule has 1 fully saturated rings. The number of para-hydroxylation sites is 2. The van der Waals surface area contributed by atoms with E-state index in [0.29, 0.717) is 69.6 Å². The molecule has 0 spiro atoms. The molecule has 1 aliphatic rings. The van der Waals surface area contributed by atoms with Crippen LogP contribution in [0.5, 0.6) is 0 Å². The SMILES string of the molecule is COCCN(CCC(=O)N1CCN(c2ccccc2F)CC1)c1nc(-c2ccco2)nc2ccccc12. The number of carbonyl (C=O) groups is 1. The summed E-state index contributed by atoms with van der Waals surface area (Å²) in [6.45, 7) is 3.86. The van der Waals surface area contributed by atoms with Crippen molar-refractivity contribution in [2.45, 2.75) is 6.42 Å². The van der Waals surface area contributed by atoms with Crippen LogP contribution in [-0.2, 0) is 9.53 Å². The Morgan fingerprint density at radius 1 is 1.00 bits per heavy atom. The number of fused-ring (bicyclic) bond motifs is 1. The molecule has 1 amide bonds. The van der Waals surface area contributed by atoms with Crippen LogP contribution in [-0.4, -0.2) is 73.8 Å². The van der Waals surface area contributed by atoms with Crippen LogP contribution in [0.15, 0.2) is 71.3 Å². The van der Waals surface area contributed by atoms with E-state index in [2.05, 4.69) is 9.88 Å². The fourth-order valence-corrected chi connectivity index (χ4v) is 4.64. The Hall–Kier alpha value is -3.98. The molecule has 4 aromatic rings. The van der Waals surface area contributed by atoms with Gasteiger partial charge in [0.25, 0.3) is 0 Å². The molecule has 0 bridgehead atoms. The number of anilines is 2. The minimum absolute atomic E-state index is 0.0696. The first kappa shape index (κ1) is 24.7. The van der Waals surface area contributed by atoms with Crippen LogP contribution < -0.4 is 9.80 Å². The zero-order valence-corrected chi connectivity index (χ0v) is 20.8. The van der Waals surface area contributed by atoms with Gasteiger partial charge in [-0.05, 0) is 36.4 Å². The molecule has 2 aromatic heterocycles. The van der Waals surface area contributed by atoms with E-state index in [-0.39, 0.29) is 11.7 Å². The number of carbonyl (C=O) groups excluding carboxylic acids is 1. The van der Waals surface area contributed by atoms with Crippen LogP contribution >= 0.6 is 0 Å². The van der Waals surface area contributed by atoms with Gasteiger partial charge in [-0.3, -0.25) is 4.79 Å². The Bertz CT molecular complexity index is 1340. The van der Waals surface area contributed by atoms with Crippen LogP contribution in [0.3, 0.4) is 0 Å². The molecule has 0 saturated carbocycles. The summed E-state index contributed by atoms with van der Waals surface area (Å²) < 4.78 is 25.1. The van der Waals surface area contributed by atoms with Crippen molar-refractivity contribution in [3.05, 3.63) is 72.7 Å². The summed E-state index contributed by atoms with van der Waals surface area (Å²) in [5.74, 6) is 1.66. The van der Waals surface area contributed by atoms with Gasteiger partial charge in [0.1, 0.15) is 11.6 Å². The second-order valence-electron chi connectivity index (χ2n) is 8.91. The average Bonchev–Trinajstić information content (AvgIpc) is 3.48. The molecule has 2 aromatic carbocycles. The maximum Gasteiger partial charge on any atom is 0.224 e. The lowest BCUT2D eigenvalue weighted by Crippen LogP contribution is -2.49. The molecule has 192 valence electrons. The number of rotatable bonds is 9. The first-order chi connectivity index (χ1) is 18.1. The molecule has 5 rings (SSSR count). The third-order valence-electron chi connectivity index (χ3n) is 6.61. The number of methoxy groups -OCH3 is 1. The fourth-order valence-electron chi connectivity index (χ4n) is 4.64. The smallest absolute Gasteiger partial charge is 0.224 e. The summed E-state index contributed by atoms with van der Waals surface area (Å²) in [4.78, 5) is 28.6. The minimum atomic E-state index is -0.234. The number of hydrogen-bond donors (Lipinski definition) is 0. The quantitative estimate of drug-likeness (QED) is 0.339. The third-order valence-corrected chi connectivity index (χ3v) is 6.61. The Morgan fingerprint density at radius 2 is 1.78 bits per heavy atom. The van der Waals surface area contributed by atoms with Gasteiger partial charge < -0.3 is 23.9 Å². The van der Waals surface area contributed by atoms with E-state index in [1.165, 1.54) is 6.07 Å². The van der Waals surface area contributed by atoms with Gasteiger partial charge in [-0.25, -0.2) is 14.4 Å². The van der Waals surface area contributed by atoms with E-state index < -0.39 is 0 Å². The molecule has 0 unspecified atom stereocenters. The number of hydrogen-bond acceptors (Lipinski definition) is 7. The highest BCUT2D eigenvalue weighted by atomic mass is 19.1. The van der Waals surface area contributed by atoms with E-state index in [9.17, 15) is 9.18 Å². The van der Waals surface area contributed by atoms with Crippen molar-refractivity contribution in [2.24, 2.45) is 0 Å². The molecule has 0 N–H and O–H groups in total. The van der Waals surface area contributed by atoms with Gasteiger partial charge in [0, 0.05) is 58.2 Å². The Balaban J connectivity index is 1.30.